The Morgan fingerprint density at radius 2 is 1.88 bits per heavy atom. The molecule has 1 aromatic rings. The molecule has 0 aromatic heterocycles. The van der Waals surface area contributed by atoms with Crippen LogP contribution in [0.15, 0.2) is 28.7 Å². The van der Waals surface area contributed by atoms with Crippen LogP contribution in [-0.2, 0) is 10.0 Å². The summed E-state index contributed by atoms with van der Waals surface area (Å²) in [4.78, 5) is 0. The van der Waals surface area contributed by atoms with Crippen LogP contribution < -0.4 is 10.0 Å². The molecule has 0 fully saturated rings. The van der Waals surface area contributed by atoms with Crippen molar-refractivity contribution in [3.8, 4) is 0 Å². The van der Waals surface area contributed by atoms with Crippen LogP contribution in [0.5, 0.6) is 0 Å². The number of rotatable bonds is 7. The first kappa shape index (κ1) is 14.5. The second-order valence-electron chi connectivity index (χ2n) is 3.63. The maximum absolute atomic E-state index is 11.7. The van der Waals surface area contributed by atoms with Gasteiger partial charge in [0.15, 0.2) is 0 Å². The lowest BCUT2D eigenvalue weighted by atomic mass is 10.3. The Morgan fingerprint density at radius 1 is 1.24 bits per heavy atom. The Balaban J connectivity index is 2.46. The number of sulfonamides is 1. The Hall–Kier alpha value is -0.590. The molecule has 0 aliphatic carbocycles. The molecular weight excluding hydrogens is 304 g/mol. The molecule has 1 rings (SSSR count). The summed E-state index contributed by atoms with van der Waals surface area (Å²) < 4.78 is 26.9. The topological polar surface area (TPSA) is 58.2 Å². The minimum absolute atomic E-state index is 0.135. The van der Waals surface area contributed by atoms with Gasteiger partial charge in [-0.15, -0.1) is 0 Å². The summed E-state index contributed by atoms with van der Waals surface area (Å²) in [6, 6.07) is 7.06. The fourth-order valence-electron chi connectivity index (χ4n) is 1.31. The van der Waals surface area contributed by atoms with E-state index in [1.165, 1.54) is 0 Å². The van der Waals surface area contributed by atoms with Crippen molar-refractivity contribution in [1.82, 2.24) is 5.32 Å². The predicted molar refractivity (Wildman–Crippen MR) is 74.7 cm³/mol. The molecule has 0 unspecified atom stereocenters. The van der Waals surface area contributed by atoms with Gasteiger partial charge in [-0.05, 0) is 43.8 Å². The quantitative estimate of drug-likeness (QED) is 0.757. The molecule has 6 heteroatoms. The van der Waals surface area contributed by atoms with Crippen LogP contribution in [0, 0.1) is 0 Å². The number of hydrogen-bond donors (Lipinski definition) is 2. The Morgan fingerprint density at radius 3 is 2.47 bits per heavy atom. The van der Waals surface area contributed by atoms with E-state index in [-0.39, 0.29) is 5.75 Å². The molecular formula is C11H17BrN2O2S. The molecule has 0 spiro atoms. The molecule has 0 aliphatic rings. The monoisotopic (exact) mass is 320 g/mol. The average Bonchev–Trinajstić information content (AvgIpc) is 2.27. The standard InChI is InChI=1S/C11H17BrN2O2S/c1-2-13-8-3-9-17(15,16)14-11-6-4-10(12)5-7-11/h4-7,13-14H,2-3,8-9H2,1H3. The number of nitrogens with one attached hydrogen (secondary N) is 2. The first-order chi connectivity index (χ1) is 8.03. The SMILES string of the molecule is CCNCCCS(=O)(=O)Nc1ccc(Br)cc1. The van der Waals surface area contributed by atoms with Crippen LogP contribution in [0.4, 0.5) is 5.69 Å². The van der Waals surface area contributed by atoms with E-state index in [2.05, 4.69) is 26.0 Å². The zero-order valence-corrected chi connectivity index (χ0v) is 12.1. The minimum atomic E-state index is -3.23. The van der Waals surface area contributed by atoms with Crippen molar-refractivity contribution < 1.29 is 8.42 Å². The second-order valence-corrected chi connectivity index (χ2v) is 6.39. The summed E-state index contributed by atoms with van der Waals surface area (Å²) in [5, 5.41) is 3.09. The van der Waals surface area contributed by atoms with Gasteiger partial charge in [0, 0.05) is 10.2 Å². The van der Waals surface area contributed by atoms with Gasteiger partial charge in [0.2, 0.25) is 10.0 Å². The van der Waals surface area contributed by atoms with Gasteiger partial charge in [0.05, 0.1) is 5.75 Å². The van der Waals surface area contributed by atoms with Gasteiger partial charge >= 0.3 is 0 Å². The lowest BCUT2D eigenvalue weighted by molar-refractivity contribution is 0.595. The van der Waals surface area contributed by atoms with E-state index in [1.54, 1.807) is 24.3 Å². The van der Waals surface area contributed by atoms with Gasteiger partial charge in [0.1, 0.15) is 0 Å². The highest BCUT2D eigenvalue weighted by Gasteiger charge is 2.09. The van der Waals surface area contributed by atoms with Crippen LogP contribution in [-0.4, -0.2) is 27.3 Å². The van der Waals surface area contributed by atoms with E-state index in [0.29, 0.717) is 12.1 Å². The molecule has 0 saturated carbocycles. The molecule has 96 valence electrons. The third kappa shape index (κ3) is 6.05. The first-order valence-corrected chi connectivity index (χ1v) is 7.95. The summed E-state index contributed by atoms with van der Waals surface area (Å²) in [7, 11) is -3.23. The molecule has 0 bridgehead atoms. The predicted octanol–water partition coefficient (Wildman–Crippen LogP) is 2.19. The third-order valence-corrected chi connectivity index (χ3v) is 4.04. The Labute approximate surface area is 111 Å². The normalized spacial score (nSPS) is 11.4. The van der Waals surface area contributed by atoms with Crippen molar-refractivity contribution in [3.05, 3.63) is 28.7 Å². The molecule has 17 heavy (non-hydrogen) atoms. The van der Waals surface area contributed by atoms with E-state index in [0.717, 1.165) is 17.6 Å². The highest BCUT2D eigenvalue weighted by atomic mass is 79.9. The van der Waals surface area contributed by atoms with Crippen molar-refractivity contribution >= 4 is 31.6 Å². The first-order valence-electron chi connectivity index (χ1n) is 5.50. The van der Waals surface area contributed by atoms with Crippen molar-refractivity contribution in [2.75, 3.05) is 23.6 Å². The van der Waals surface area contributed by atoms with Crippen LogP contribution in [0.3, 0.4) is 0 Å². The van der Waals surface area contributed by atoms with Crippen LogP contribution in [0.25, 0.3) is 0 Å². The van der Waals surface area contributed by atoms with Crippen LogP contribution >= 0.6 is 15.9 Å². The lowest BCUT2D eigenvalue weighted by Gasteiger charge is -2.08. The summed E-state index contributed by atoms with van der Waals surface area (Å²) in [6.45, 7) is 3.58. The fourth-order valence-corrected chi connectivity index (χ4v) is 2.70. The number of benzene rings is 1. The molecule has 0 aliphatic heterocycles. The highest BCUT2D eigenvalue weighted by Crippen LogP contribution is 2.15. The summed E-state index contributed by atoms with van der Waals surface area (Å²) >= 11 is 3.30. The van der Waals surface area contributed by atoms with Gasteiger partial charge in [-0.25, -0.2) is 8.42 Å². The minimum Gasteiger partial charge on any atom is -0.317 e. The van der Waals surface area contributed by atoms with Gasteiger partial charge in [-0.3, -0.25) is 4.72 Å². The van der Waals surface area contributed by atoms with Crippen LogP contribution in [0.2, 0.25) is 0 Å². The Bertz CT molecular complexity index is 431. The maximum atomic E-state index is 11.7. The highest BCUT2D eigenvalue weighted by molar-refractivity contribution is 9.10. The zero-order valence-electron chi connectivity index (χ0n) is 9.74. The third-order valence-electron chi connectivity index (χ3n) is 2.13. The maximum Gasteiger partial charge on any atom is 0.232 e. The summed E-state index contributed by atoms with van der Waals surface area (Å²) in [6.07, 6.45) is 0.611. The van der Waals surface area contributed by atoms with E-state index in [1.807, 2.05) is 6.92 Å². The molecule has 0 atom stereocenters. The molecule has 1 aromatic carbocycles. The molecule has 4 nitrogen and oxygen atoms in total. The van der Waals surface area contributed by atoms with Gasteiger partial charge in [-0.2, -0.15) is 0 Å². The second kappa shape index (κ2) is 6.98. The molecule has 0 amide bonds. The van der Waals surface area contributed by atoms with Crippen molar-refractivity contribution in [2.45, 2.75) is 13.3 Å². The number of halogens is 1. The summed E-state index contributed by atoms with van der Waals surface area (Å²) in [5.74, 6) is 0.135. The van der Waals surface area contributed by atoms with E-state index < -0.39 is 10.0 Å². The fraction of sp³-hybridized carbons (Fsp3) is 0.455. The van der Waals surface area contributed by atoms with Gasteiger partial charge < -0.3 is 5.32 Å². The number of anilines is 1. The number of hydrogen-bond acceptors (Lipinski definition) is 3. The van der Waals surface area contributed by atoms with Crippen molar-refractivity contribution in [2.24, 2.45) is 0 Å². The van der Waals surface area contributed by atoms with Crippen molar-refractivity contribution in [1.29, 1.82) is 0 Å². The smallest absolute Gasteiger partial charge is 0.232 e. The van der Waals surface area contributed by atoms with Crippen molar-refractivity contribution in [3.63, 3.8) is 0 Å². The Kier molecular flexibility index (Phi) is 5.94. The summed E-state index contributed by atoms with van der Waals surface area (Å²) in [5.41, 5.74) is 0.594. The largest absolute Gasteiger partial charge is 0.317 e. The van der Waals surface area contributed by atoms with Gasteiger partial charge in [0.25, 0.3) is 0 Å². The molecule has 2 N–H and O–H groups in total. The van der Waals surface area contributed by atoms with Gasteiger partial charge in [-0.1, -0.05) is 22.9 Å². The molecule has 0 heterocycles. The van der Waals surface area contributed by atoms with E-state index >= 15 is 0 Å². The zero-order chi connectivity index (χ0) is 12.7. The lowest BCUT2D eigenvalue weighted by Crippen LogP contribution is -2.21. The van der Waals surface area contributed by atoms with Crippen LogP contribution in [0.1, 0.15) is 13.3 Å². The average molecular weight is 321 g/mol. The molecule has 0 saturated heterocycles. The van der Waals surface area contributed by atoms with E-state index in [9.17, 15) is 8.42 Å². The molecule has 0 radical (unpaired) electrons. The van der Waals surface area contributed by atoms with E-state index in [4.69, 9.17) is 0 Å².